The smallest absolute Gasteiger partial charge is 0.234 e. The molecule has 158 valence electrons. The zero-order valence-electron chi connectivity index (χ0n) is 16.6. The van der Waals surface area contributed by atoms with Crippen LogP contribution in [0.2, 0.25) is 5.02 Å². The number of nitrogens with one attached hydrogen (secondary N) is 1. The molecule has 0 saturated heterocycles. The largest absolute Gasteiger partial charge is 0.495 e. The van der Waals surface area contributed by atoms with Gasteiger partial charge in [0.05, 0.1) is 18.6 Å². The van der Waals surface area contributed by atoms with E-state index in [1.807, 2.05) is 6.92 Å². The van der Waals surface area contributed by atoms with E-state index >= 15 is 0 Å². The van der Waals surface area contributed by atoms with Crippen molar-refractivity contribution < 1.29 is 18.7 Å². The predicted molar refractivity (Wildman–Crippen MR) is 114 cm³/mol. The second kappa shape index (κ2) is 9.82. The number of carbonyl (C=O) groups is 1. The standard InChI is InChI=1S/C20H20ClFN4O3S/c1-12(29-15-7-5-14(22)6-8-15)19-24-25-20(26(19)2)30-11-18(27)23-16-10-13(21)4-9-17(16)28-3/h4-10,12H,11H2,1-3H3,(H,23,27). The molecule has 1 atom stereocenters. The van der Waals surface area contributed by atoms with Crippen molar-refractivity contribution in [3.63, 3.8) is 0 Å². The summed E-state index contributed by atoms with van der Waals surface area (Å²) >= 11 is 7.22. The minimum atomic E-state index is -0.410. The van der Waals surface area contributed by atoms with Crippen LogP contribution in [0.1, 0.15) is 18.9 Å². The molecule has 7 nitrogen and oxygen atoms in total. The lowest BCUT2D eigenvalue weighted by molar-refractivity contribution is -0.113. The van der Waals surface area contributed by atoms with Gasteiger partial charge < -0.3 is 19.4 Å². The fourth-order valence-electron chi connectivity index (χ4n) is 2.67. The molecule has 0 saturated carbocycles. The van der Waals surface area contributed by atoms with Crippen LogP contribution in [0.4, 0.5) is 10.1 Å². The number of halogens is 2. The fourth-order valence-corrected chi connectivity index (χ4v) is 3.56. The first-order chi connectivity index (χ1) is 14.4. The van der Waals surface area contributed by atoms with E-state index in [-0.39, 0.29) is 17.5 Å². The first-order valence-electron chi connectivity index (χ1n) is 8.95. The SMILES string of the molecule is COc1ccc(Cl)cc1NC(=O)CSc1nnc(C(C)Oc2ccc(F)cc2)n1C. The lowest BCUT2D eigenvalue weighted by atomic mass is 10.3. The number of amides is 1. The Morgan fingerprint density at radius 1 is 1.27 bits per heavy atom. The van der Waals surface area contributed by atoms with Crippen molar-refractivity contribution in [1.29, 1.82) is 0 Å². The van der Waals surface area contributed by atoms with Gasteiger partial charge in [-0.3, -0.25) is 4.79 Å². The molecule has 3 aromatic rings. The number of carbonyl (C=O) groups excluding carboxylic acids is 1. The number of nitrogens with zero attached hydrogens (tertiary/aromatic N) is 3. The monoisotopic (exact) mass is 450 g/mol. The van der Waals surface area contributed by atoms with Crippen LogP contribution in [0.15, 0.2) is 47.6 Å². The van der Waals surface area contributed by atoms with Crippen LogP contribution in [0.3, 0.4) is 0 Å². The highest BCUT2D eigenvalue weighted by atomic mass is 35.5. The molecule has 1 heterocycles. The Morgan fingerprint density at radius 2 is 2.00 bits per heavy atom. The molecule has 0 fully saturated rings. The Morgan fingerprint density at radius 3 is 2.70 bits per heavy atom. The third kappa shape index (κ3) is 5.43. The van der Waals surface area contributed by atoms with Gasteiger partial charge in [0.2, 0.25) is 5.91 Å². The molecule has 0 aliphatic carbocycles. The molecule has 2 aromatic carbocycles. The molecule has 1 aromatic heterocycles. The second-order valence-electron chi connectivity index (χ2n) is 6.30. The fraction of sp³-hybridized carbons (Fsp3) is 0.250. The first kappa shape index (κ1) is 21.9. The summed E-state index contributed by atoms with van der Waals surface area (Å²) in [6, 6.07) is 10.7. The summed E-state index contributed by atoms with van der Waals surface area (Å²) < 4.78 is 25.8. The predicted octanol–water partition coefficient (Wildman–Crippen LogP) is 4.49. The molecule has 3 rings (SSSR count). The molecule has 10 heteroatoms. The third-order valence-electron chi connectivity index (χ3n) is 4.13. The molecular formula is C20H20ClFN4O3S. The van der Waals surface area contributed by atoms with Crippen molar-refractivity contribution in [3.8, 4) is 11.5 Å². The summed E-state index contributed by atoms with van der Waals surface area (Å²) in [4.78, 5) is 12.3. The Bertz CT molecular complexity index is 1030. The van der Waals surface area contributed by atoms with Crippen molar-refractivity contribution in [2.75, 3.05) is 18.2 Å². The maximum atomic E-state index is 13.0. The van der Waals surface area contributed by atoms with Gasteiger partial charge in [-0.2, -0.15) is 0 Å². The lowest BCUT2D eigenvalue weighted by Gasteiger charge is -2.14. The van der Waals surface area contributed by atoms with Crippen molar-refractivity contribution in [2.24, 2.45) is 7.05 Å². The Labute approximate surface area is 182 Å². The number of ether oxygens (including phenoxy) is 2. The van der Waals surface area contributed by atoms with E-state index < -0.39 is 6.10 Å². The number of thioether (sulfide) groups is 1. The lowest BCUT2D eigenvalue weighted by Crippen LogP contribution is -2.15. The van der Waals surface area contributed by atoms with Gasteiger partial charge >= 0.3 is 0 Å². The van der Waals surface area contributed by atoms with E-state index in [0.717, 1.165) is 0 Å². The second-order valence-corrected chi connectivity index (χ2v) is 7.67. The molecule has 1 N–H and O–H groups in total. The van der Waals surface area contributed by atoms with Crippen LogP contribution in [-0.2, 0) is 11.8 Å². The normalized spacial score (nSPS) is 11.8. The number of anilines is 1. The molecule has 1 unspecified atom stereocenters. The van der Waals surface area contributed by atoms with Crippen molar-refractivity contribution in [2.45, 2.75) is 18.2 Å². The van der Waals surface area contributed by atoms with Crippen LogP contribution < -0.4 is 14.8 Å². The Kier molecular flexibility index (Phi) is 7.17. The maximum absolute atomic E-state index is 13.0. The Hall–Kier alpha value is -2.78. The highest BCUT2D eigenvalue weighted by Crippen LogP contribution is 2.28. The van der Waals surface area contributed by atoms with E-state index in [9.17, 15) is 9.18 Å². The van der Waals surface area contributed by atoms with Gasteiger partial charge in [-0.15, -0.1) is 10.2 Å². The van der Waals surface area contributed by atoms with Crippen LogP contribution >= 0.6 is 23.4 Å². The van der Waals surface area contributed by atoms with Crippen LogP contribution in [0, 0.1) is 5.82 Å². The van der Waals surface area contributed by atoms with Gasteiger partial charge in [0.15, 0.2) is 17.1 Å². The van der Waals surface area contributed by atoms with Crippen molar-refractivity contribution in [1.82, 2.24) is 14.8 Å². The highest BCUT2D eigenvalue weighted by molar-refractivity contribution is 7.99. The summed E-state index contributed by atoms with van der Waals surface area (Å²) in [5, 5.41) is 12.1. The van der Waals surface area contributed by atoms with Crippen LogP contribution in [0.5, 0.6) is 11.5 Å². The number of hydrogen-bond acceptors (Lipinski definition) is 6. The third-order valence-corrected chi connectivity index (χ3v) is 5.38. The summed E-state index contributed by atoms with van der Waals surface area (Å²) in [6.45, 7) is 1.82. The molecule has 0 spiro atoms. The van der Waals surface area contributed by atoms with E-state index in [1.165, 1.54) is 31.0 Å². The van der Waals surface area contributed by atoms with Gasteiger partial charge in [-0.1, -0.05) is 23.4 Å². The van der Waals surface area contributed by atoms with Crippen molar-refractivity contribution in [3.05, 3.63) is 59.1 Å². The van der Waals surface area contributed by atoms with E-state index in [4.69, 9.17) is 21.1 Å². The summed E-state index contributed by atoms with van der Waals surface area (Å²) in [7, 11) is 3.31. The average Bonchev–Trinajstić information content (AvgIpc) is 3.09. The molecule has 0 bridgehead atoms. The zero-order chi connectivity index (χ0) is 21.7. The van der Waals surface area contributed by atoms with Crippen LogP contribution in [0.25, 0.3) is 0 Å². The topological polar surface area (TPSA) is 78.3 Å². The molecular weight excluding hydrogens is 431 g/mol. The minimum Gasteiger partial charge on any atom is -0.495 e. The van der Waals surface area contributed by atoms with Gasteiger partial charge in [0.25, 0.3) is 0 Å². The molecule has 0 aliphatic rings. The molecule has 30 heavy (non-hydrogen) atoms. The first-order valence-corrected chi connectivity index (χ1v) is 10.3. The van der Waals surface area contributed by atoms with E-state index in [1.54, 1.807) is 41.9 Å². The number of benzene rings is 2. The van der Waals surface area contributed by atoms with Crippen LogP contribution in [-0.4, -0.2) is 33.5 Å². The number of hydrogen-bond donors (Lipinski definition) is 1. The van der Waals surface area contributed by atoms with Gasteiger partial charge in [-0.25, -0.2) is 4.39 Å². The average molecular weight is 451 g/mol. The summed E-state index contributed by atoms with van der Waals surface area (Å²) in [5.41, 5.74) is 0.496. The quantitative estimate of drug-likeness (QED) is 0.509. The minimum absolute atomic E-state index is 0.120. The molecule has 1 amide bonds. The van der Waals surface area contributed by atoms with E-state index in [0.29, 0.717) is 33.2 Å². The van der Waals surface area contributed by atoms with Gasteiger partial charge in [0.1, 0.15) is 17.3 Å². The summed E-state index contributed by atoms with van der Waals surface area (Å²) in [5.74, 6) is 1.18. The highest BCUT2D eigenvalue weighted by Gasteiger charge is 2.18. The molecule has 0 radical (unpaired) electrons. The number of aromatic nitrogens is 3. The van der Waals surface area contributed by atoms with Gasteiger partial charge in [-0.05, 0) is 49.4 Å². The van der Waals surface area contributed by atoms with Crippen molar-refractivity contribution >= 4 is 35.0 Å². The number of methoxy groups -OCH3 is 1. The zero-order valence-corrected chi connectivity index (χ0v) is 18.1. The maximum Gasteiger partial charge on any atom is 0.234 e. The van der Waals surface area contributed by atoms with Gasteiger partial charge in [0, 0.05) is 12.1 Å². The Balaban J connectivity index is 1.60. The van der Waals surface area contributed by atoms with E-state index in [2.05, 4.69) is 15.5 Å². The summed E-state index contributed by atoms with van der Waals surface area (Å²) in [6.07, 6.45) is -0.410. The number of rotatable bonds is 8. The molecule has 0 aliphatic heterocycles.